The number of nitrogens with two attached hydrogens (primary N) is 1. The summed E-state index contributed by atoms with van der Waals surface area (Å²) in [6, 6.07) is 9.10. The molecular weight excluding hydrogens is 242 g/mol. The molecule has 5 heteroatoms. The zero-order chi connectivity index (χ0) is 13.4. The molecule has 0 aliphatic heterocycles. The number of benzene rings is 1. The molecule has 0 spiro atoms. The summed E-state index contributed by atoms with van der Waals surface area (Å²) in [6.45, 7) is -0.0750. The first-order valence-electron chi connectivity index (χ1n) is 6.07. The number of fused-ring (bicyclic) bond motifs is 1. The molecule has 2 aromatic heterocycles. The Morgan fingerprint density at radius 1 is 1.42 bits per heavy atom. The summed E-state index contributed by atoms with van der Waals surface area (Å²) in [5.74, 6) is 1.50. The van der Waals surface area contributed by atoms with Gasteiger partial charge in [-0.05, 0) is 29.8 Å². The zero-order valence-electron chi connectivity index (χ0n) is 10.6. The lowest BCUT2D eigenvalue weighted by Crippen LogP contribution is -2.14. The highest BCUT2D eigenvalue weighted by Gasteiger charge is 2.13. The van der Waals surface area contributed by atoms with E-state index in [2.05, 4.69) is 4.98 Å². The van der Waals surface area contributed by atoms with Crippen molar-refractivity contribution in [1.82, 2.24) is 9.55 Å². The van der Waals surface area contributed by atoms with Gasteiger partial charge in [0.05, 0.1) is 29.9 Å². The van der Waals surface area contributed by atoms with Crippen molar-refractivity contribution in [2.75, 3.05) is 6.61 Å². The summed E-state index contributed by atoms with van der Waals surface area (Å²) >= 11 is 0. The van der Waals surface area contributed by atoms with Crippen molar-refractivity contribution < 1.29 is 9.52 Å². The van der Waals surface area contributed by atoms with Gasteiger partial charge in [-0.2, -0.15) is 0 Å². The Morgan fingerprint density at radius 3 is 2.95 bits per heavy atom. The molecule has 0 bridgehead atoms. The summed E-state index contributed by atoms with van der Waals surface area (Å²) in [6.07, 6.45) is 1.63. The minimum Gasteiger partial charge on any atom is -0.461 e. The first-order valence-corrected chi connectivity index (χ1v) is 6.07. The topological polar surface area (TPSA) is 77.2 Å². The Kier molecular flexibility index (Phi) is 2.85. The maximum absolute atomic E-state index is 9.12. The van der Waals surface area contributed by atoms with Gasteiger partial charge < -0.3 is 19.8 Å². The standard InChI is InChI=1S/C14H15N3O2/c1-17-12-7-9(10(15)8-18)4-5-11(12)16-14(17)13-3-2-6-19-13/h2-7,10,18H,8,15H2,1H3. The van der Waals surface area contributed by atoms with E-state index in [1.807, 2.05) is 41.9 Å². The summed E-state index contributed by atoms with van der Waals surface area (Å²) in [7, 11) is 1.93. The Balaban J connectivity index is 2.16. The molecule has 0 saturated heterocycles. The molecular formula is C14H15N3O2. The minimum atomic E-state index is -0.369. The molecule has 0 aliphatic carbocycles. The average Bonchev–Trinajstić information content (AvgIpc) is 3.06. The summed E-state index contributed by atoms with van der Waals surface area (Å²) in [4.78, 5) is 4.55. The maximum atomic E-state index is 9.12. The van der Waals surface area contributed by atoms with Gasteiger partial charge in [0.25, 0.3) is 0 Å². The van der Waals surface area contributed by atoms with Crippen LogP contribution in [0.2, 0.25) is 0 Å². The highest BCUT2D eigenvalue weighted by atomic mass is 16.3. The number of nitrogens with zero attached hydrogens (tertiary/aromatic N) is 2. The highest BCUT2D eigenvalue weighted by Crippen LogP contribution is 2.25. The molecule has 3 aromatic rings. The van der Waals surface area contributed by atoms with Gasteiger partial charge in [-0.15, -0.1) is 0 Å². The number of aliphatic hydroxyl groups excluding tert-OH is 1. The van der Waals surface area contributed by atoms with E-state index in [1.54, 1.807) is 6.26 Å². The minimum absolute atomic E-state index is 0.0750. The van der Waals surface area contributed by atoms with Crippen molar-refractivity contribution in [3.63, 3.8) is 0 Å². The fourth-order valence-electron chi connectivity index (χ4n) is 2.17. The van der Waals surface area contributed by atoms with E-state index < -0.39 is 0 Å². The smallest absolute Gasteiger partial charge is 0.176 e. The molecule has 3 rings (SSSR count). The van der Waals surface area contributed by atoms with Gasteiger partial charge in [-0.1, -0.05) is 6.07 Å². The number of hydrogen-bond acceptors (Lipinski definition) is 4. The van der Waals surface area contributed by atoms with Crippen LogP contribution in [-0.4, -0.2) is 21.3 Å². The van der Waals surface area contributed by atoms with Gasteiger partial charge >= 0.3 is 0 Å². The molecule has 1 atom stereocenters. The van der Waals surface area contributed by atoms with E-state index in [-0.39, 0.29) is 12.6 Å². The predicted molar refractivity (Wildman–Crippen MR) is 72.4 cm³/mol. The fraction of sp³-hybridized carbons (Fsp3) is 0.214. The molecule has 3 N–H and O–H groups in total. The van der Waals surface area contributed by atoms with E-state index in [1.165, 1.54) is 0 Å². The van der Waals surface area contributed by atoms with Gasteiger partial charge in [0.1, 0.15) is 0 Å². The largest absolute Gasteiger partial charge is 0.461 e. The van der Waals surface area contributed by atoms with Gasteiger partial charge in [-0.25, -0.2) is 4.98 Å². The number of rotatable bonds is 3. The molecule has 1 unspecified atom stereocenters. The van der Waals surface area contributed by atoms with Crippen LogP contribution in [0.1, 0.15) is 11.6 Å². The lowest BCUT2D eigenvalue weighted by atomic mass is 10.1. The van der Waals surface area contributed by atoms with Crippen molar-refractivity contribution in [2.24, 2.45) is 12.8 Å². The second kappa shape index (κ2) is 4.53. The van der Waals surface area contributed by atoms with Crippen LogP contribution in [-0.2, 0) is 7.05 Å². The second-order valence-corrected chi connectivity index (χ2v) is 4.51. The van der Waals surface area contributed by atoms with Crippen molar-refractivity contribution in [3.05, 3.63) is 42.2 Å². The van der Waals surface area contributed by atoms with E-state index in [4.69, 9.17) is 15.3 Å². The van der Waals surface area contributed by atoms with E-state index >= 15 is 0 Å². The van der Waals surface area contributed by atoms with Crippen LogP contribution < -0.4 is 5.73 Å². The van der Waals surface area contributed by atoms with Crippen molar-refractivity contribution in [1.29, 1.82) is 0 Å². The summed E-state index contributed by atoms with van der Waals surface area (Å²) in [5.41, 5.74) is 8.57. The molecule has 2 heterocycles. The zero-order valence-corrected chi connectivity index (χ0v) is 10.6. The number of furan rings is 1. The van der Waals surface area contributed by atoms with E-state index in [9.17, 15) is 0 Å². The molecule has 5 nitrogen and oxygen atoms in total. The Hall–Kier alpha value is -2.11. The molecule has 0 amide bonds. The van der Waals surface area contributed by atoms with Crippen LogP contribution in [0.25, 0.3) is 22.6 Å². The lowest BCUT2D eigenvalue weighted by Gasteiger charge is -2.08. The van der Waals surface area contributed by atoms with Crippen molar-refractivity contribution in [3.8, 4) is 11.6 Å². The fourth-order valence-corrected chi connectivity index (χ4v) is 2.17. The first kappa shape index (κ1) is 12.0. The number of aliphatic hydroxyl groups is 1. The van der Waals surface area contributed by atoms with Crippen LogP contribution in [0.15, 0.2) is 41.0 Å². The molecule has 19 heavy (non-hydrogen) atoms. The third-order valence-electron chi connectivity index (χ3n) is 3.27. The third kappa shape index (κ3) is 1.93. The summed E-state index contributed by atoms with van der Waals surface area (Å²) < 4.78 is 7.34. The quantitative estimate of drug-likeness (QED) is 0.750. The molecule has 0 radical (unpaired) electrons. The lowest BCUT2D eigenvalue weighted by molar-refractivity contribution is 0.268. The average molecular weight is 257 g/mol. The normalized spacial score (nSPS) is 13.0. The SMILES string of the molecule is Cn1c(-c2ccco2)nc2ccc(C(N)CO)cc21. The third-order valence-corrected chi connectivity index (χ3v) is 3.27. The van der Waals surface area contributed by atoms with Crippen LogP contribution in [0.4, 0.5) is 0 Å². The first-order chi connectivity index (χ1) is 9.20. The van der Waals surface area contributed by atoms with Crippen LogP contribution in [0.5, 0.6) is 0 Å². The molecule has 1 aromatic carbocycles. The molecule has 0 aliphatic rings. The Bertz CT molecular complexity index is 701. The number of hydrogen-bond donors (Lipinski definition) is 2. The van der Waals surface area contributed by atoms with Gasteiger partial charge in [0, 0.05) is 7.05 Å². The van der Waals surface area contributed by atoms with Crippen LogP contribution in [0, 0.1) is 0 Å². The number of imidazole rings is 1. The van der Waals surface area contributed by atoms with Gasteiger partial charge in [0.15, 0.2) is 11.6 Å². The number of aromatic nitrogens is 2. The highest BCUT2D eigenvalue weighted by molar-refractivity contribution is 5.80. The monoisotopic (exact) mass is 257 g/mol. The molecule has 98 valence electrons. The maximum Gasteiger partial charge on any atom is 0.176 e. The predicted octanol–water partition coefficient (Wildman–Crippen LogP) is 1.83. The molecule has 0 saturated carbocycles. The van der Waals surface area contributed by atoms with Gasteiger partial charge in [0.2, 0.25) is 0 Å². The van der Waals surface area contributed by atoms with Crippen molar-refractivity contribution >= 4 is 11.0 Å². The van der Waals surface area contributed by atoms with E-state index in [0.717, 1.165) is 28.2 Å². The summed E-state index contributed by atoms with van der Waals surface area (Å²) in [5, 5.41) is 9.12. The van der Waals surface area contributed by atoms with Crippen LogP contribution >= 0.6 is 0 Å². The Labute approximate surface area is 110 Å². The van der Waals surface area contributed by atoms with Crippen LogP contribution in [0.3, 0.4) is 0 Å². The van der Waals surface area contributed by atoms with Crippen molar-refractivity contribution in [2.45, 2.75) is 6.04 Å². The van der Waals surface area contributed by atoms with Gasteiger partial charge in [-0.3, -0.25) is 0 Å². The second-order valence-electron chi connectivity index (χ2n) is 4.51. The molecule has 0 fully saturated rings. The number of aryl methyl sites for hydroxylation is 1. The van der Waals surface area contributed by atoms with E-state index in [0.29, 0.717) is 0 Å². The Morgan fingerprint density at radius 2 is 2.26 bits per heavy atom.